The van der Waals surface area contributed by atoms with E-state index in [0.717, 1.165) is 44.0 Å². The minimum Gasteiger partial charge on any atom is -0.492 e. The smallest absolute Gasteiger partial charge is 0.253 e. The van der Waals surface area contributed by atoms with Crippen LogP contribution in [0.5, 0.6) is 5.75 Å². The van der Waals surface area contributed by atoms with Crippen molar-refractivity contribution < 1.29 is 9.53 Å². The van der Waals surface area contributed by atoms with Crippen LogP contribution in [0.4, 0.5) is 0 Å². The van der Waals surface area contributed by atoms with Crippen LogP contribution >= 0.6 is 23.4 Å². The standard InChI is InChI=1S/C20H23ClN2O2S/c1-26-19-8-2-16(3-9-19)20(24)23-12-10-22(11-13-23)14-15-25-18-6-4-17(21)5-7-18/h2-9H,10-15H2,1H3. The third kappa shape index (κ3) is 5.16. The molecule has 1 fully saturated rings. The summed E-state index contributed by atoms with van der Waals surface area (Å²) in [5.41, 5.74) is 0.766. The largest absolute Gasteiger partial charge is 0.492 e. The van der Waals surface area contributed by atoms with Crippen LogP contribution in [0.2, 0.25) is 5.02 Å². The molecule has 0 bridgehead atoms. The van der Waals surface area contributed by atoms with Gasteiger partial charge in [0.05, 0.1) is 0 Å². The minimum atomic E-state index is 0.120. The van der Waals surface area contributed by atoms with Crippen LogP contribution in [-0.2, 0) is 0 Å². The topological polar surface area (TPSA) is 32.8 Å². The molecule has 4 nitrogen and oxygen atoms in total. The Morgan fingerprint density at radius 3 is 2.31 bits per heavy atom. The first-order chi connectivity index (χ1) is 12.7. The first-order valence-electron chi connectivity index (χ1n) is 8.70. The van der Waals surface area contributed by atoms with Gasteiger partial charge in [-0.05, 0) is 54.8 Å². The van der Waals surface area contributed by atoms with Gasteiger partial charge < -0.3 is 9.64 Å². The number of piperazine rings is 1. The Bertz CT molecular complexity index is 714. The highest BCUT2D eigenvalue weighted by Crippen LogP contribution is 2.17. The van der Waals surface area contributed by atoms with E-state index in [2.05, 4.69) is 4.90 Å². The zero-order valence-corrected chi connectivity index (χ0v) is 16.4. The van der Waals surface area contributed by atoms with Gasteiger partial charge in [0.2, 0.25) is 0 Å². The van der Waals surface area contributed by atoms with E-state index in [-0.39, 0.29) is 5.91 Å². The Labute approximate surface area is 164 Å². The molecule has 1 aliphatic rings. The molecule has 0 aliphatic carbocycles. The summed E-state index contributed by atoms with van der Waals surface area (Å²) in [6.07, 6.45) is 2.03. The third-order valence-corrected chi connectivity index (χ3v) is 5.48. The quantitative estimate of drug-likeness (QED) is 0.700. The molecule has 0 N–H and O–H groups in total. The van der Waals surface area contributed by atoms with E-state index in [4.69, 9.17) is 16.3 Å². The average molecular weight is 391 g/mol. The van der Waals surface area contributed by atoms with Crippen molar-refractivity contribution in [1.29, 1.82) is 0 Å². The fourth-order valence-corrected chi connectivity index (χ4v) is 3.45. The lowest BCUT2D eigenvalue weighted by Crippen LogP contribution is -2.49. The predicted molar refractivity (Wildman–Crippen MR) is 108 cm³/mol. The number of nitrogens with zero attached hydrogens (tertiary/aromatic N) is 2. The van der Waals surface area contributed by atoms with Crippen molar-refractivity contribution in [3.8, 4) is 5.75 Å². The van der Waals surface area contributed by atoms with Gasteiger partial charge in [0, 0.05) is 48.2 Å². The Balaban J connectivity index is 1.41. The molecule has 1 saturated heterocycles. The van der Waals surface area contributed by atoms with Crippen LogP contribution < -0.4 is 4.74 Å². The number of halogens is 1. The number of thioether (sulfide) groups is 1. The highest BCUT2D eigenvalue weighted by Gasteiger charge is 2.21. The number of carbonyl (C=O) groups is 1. The Kier molecular flexibility index (Phi) is 6.83. The Morgan fingerprint density at radius 2 is 1.69 bits per heavy atom. The summed E-state index contributed by atoms with van der Waals surface area (Å²) in [6.45, 7) is 4.74. The van der Waals surface area contributed by atoms with Gasteiger partial charge in [-0.15, -0.1) is 11.8 Å². The monoisotopic (exact) mass is 390 g/mol. The lowest BCUT2D eigenvalue weighted by Gasteiger charge is -2.34. The Morgan fingerprint density at radius 1 is 1.04 bits per heavy atom. The van der Waals surface area contributed by atoms with E-state index in [1.165, 1.54) is 4.90 Å². The van der Waals surface area contributed by atoms with E-state index in [0.29, 0.717) is 11.6 Å². The van der Waals surface area contributed by atoms with Gasteiger partial charge in [-0.2, -0.15) is 0 Å². The first kappa shape index (κ1) is 19.1. The first-order valence-corrected chi connectivity index (χ1v) is 10.3. The van der Waals surface area contributed by atoms with Crippen molar-refractivity contribution in [2.24, 2.45) is 0 Å². The predicted octanol–water partition coefficient (Wildman–Crippen LogP) is 3.90. The number of rotatable bonds is 6. The summed E-state index contributed by atoms with van der Waals surface area (Å²) in [5.74, 6) is 0.951. The van der Waals surface area contributed by atoms with E-state index in [1.54, 1.807) is 11.8 Å². The normalized spacial score (nSPS) is 15.1. The van der Waals surface area contributed by atoms with Crippen LogP contribution in [0.25, 0.3) is 0 Å². The van der Waals surface area contributed by atoms with E-state index < -0.39 is 0 Å². The van der Waals surface area contributed by atoms with Gasteiger partial charge in [0.1, 0.15) is 12.4 Å². The second-order valence-electron chi connectivity index (χ2n) is 6.16. The molecule has 26 heavy (non-hydrogen) atoms. The minimum absolute atomic E-state index is 0.120. The number of hydrogen-bond donors (Lipinski definition) is 0. The molecule has 2 aromatic carbocycles. The molecular formula is C20H23ClN2O2S. The summed E-state index contributed by atoms with van der Waals surface area (Å²) in [7, 11) is 0. The van der Waals surface area contributed by atoms with Crippen LogP contribution in [0.1, 0.15) is 10.4 Å². The second kappa shape index (κ2) is 9.31. The summed E-state index contributed by atoms with van der Waals surface area (Å²) >= 11 is 7.55. The van der Waals surface area contributed by atoms with Crippen LogP contribution in [0.15, 0.2) is 53.4 Å². The molecule has 0 radical (unpaired) electrons. The second-order valence-corrected chi connectivity index (χ2v) is 7.48. The van der Waals surface area contributed by atoms with Crippen molar-refractivity contribution in [3.05, 3.63) is 59.1 Å². The van der Waals surface area contributed by atoms with Crippen molar-refractivity contribution in [2.75, 3.05) is 45.6 Å². The van der Waals surface area contributed by atoms with Crippen LogP contribution in [0, 0.1) is 0 Å². The van der Waals surface area contributed by atoms with E-state index in [1.807, 2.05) is 59.7 Å². The number of amides is 1. The molecule has 2 aromatic rings. The van der Waals surface area contributed by atoms with Crippen molar-refractivity contribution >= 4 is 29.3 Å². The zero-order valence-electron chi connectivity index (χ0n) is 14.9. The summed E-state index contributed by atoms with van der Waals surface area (Å²) < 4.78 is 5.75. The molecule has 1 heterocycles. The molecule has 1 amide bonds. The van der Waals surface area contributed by atoms with Crippen LogP contribution in [0.3, 0.4) is 0 Å². The molecule has 1 aliphatic heterocycles. The van der Waals surface area contributed by atoms with Crippen molar-refractivity contribution in [2.45, 2.75) is 4.90 Å². The number of ether oxygens (including phenoxy) is 1. The highest BCUT2D eigenvalue weighted by atomic mass is 35.5. The fourth-order valence-electron chi connectivity index (χ4n) is 2.91. The third-order valence-electron chi connectivity index (χ3n) is 4.49. The molecule has 0 unspecified atom stereocenters. The molecule has 3 rings (SSSR count). The van der Waals surface area contributed by atoms with Gasteiger partial charge in [0.15, 0.2) is 0 Å². The summed E-state index contributed by atoms with van der Waals surface area (Å²) in [4.78, 5) is 18.0. The summed E-state index contributed by atoms with van der Waals surface area (Å²) in [6, 6.07) is 15.2. The summed E-state index contributed by atoms with van der Waals surface area (Å²) in [5, 5.41) is 0.709. The molecule has 0 atom stereocenters. The number of hydrogen-bond acceptors (Lipinski definition) is 4. The lowest BCUT2D eigenvalue weighted by molar-refractivity contribution is 0.0620. The Hall–Kier alpha value is -1.69. The molecule has 0 spiro atoms. The maximum absolute atomic E-state index is 12.6. The van der Waals surface area contributed by atoms with Crippen molar-refractivity contribution in [1.82, 2.24) is 9.80 Å². The van der Waals surface area contributed by atoms with E-state index >= 15 is 0 Å². The number of carbonyl (C=O) groups excluding carboxylic acids is 1. The molecule has 0 aromatic heterocycles. The lowest BCUT2D eigenvalue weighted by atomic mass is 10.2. The van der Waals surface area contributed by atoms with E-state index in [9.17, 15) is 4.79 Å². The zero-order chi connectivity index (χ0) is 18.4. The van der Waals surface area contributed by atoms with Gasteiger partial charge >= 0.3 is 0 Å². The SMILES string of the molecule is CSc1ccc(C(=O)N2CCN(CCOc3ccc(Cl)cc3)CC2)cc1. The molecular weight excluding hydrogens is 368 g/mol. The van der Waals surface area contributed by atoms with Crippen molar-refractivity contribution in [3.63, 3.8) is 0 Å². The molecule has 6 heteroatoms. The maximum atomic E-state index is 12.6. The van der Waals surface area contributed by atoms with Crippen LogP contribution in [-0.4, -0.2) is 61.3 Å². The average Bonchev–Trinajstić information content (AvgIpc) is 2.69. The molecule has 138 valence electrons. The fraction of sp³-hybridized carbons (Fsp3) is 0.350. The highest BCUT2D eigenvalue weighted by molar-refractivity contribution is 7.98. The van der Waals surface area contributed by atoms with Gasteiger partial charge in [-0.1, -0.05) is 11.6 Å². The number of benzene rings is 2. The van der Waals surface area contributed by atoms with Gasteiger partial charge in [-0.25, -0.2) is 0 Å². The van der Waals surface area contributed by atoms with Gasteiger partial charge in [0.25, 0.3) is 5.91 Å². The maximum Gasteiger partial charge on any atom is 0.253 e. The molecule has 0 saturated carbocycles. The van der Waals surface area contributed by atoms with Gasteiger partial charge in [-0.3, -0.25) is 9.69 Å².